The summed E-state index contributed by atoms with van der Waals surface area (Å²) in [7, 11) is 1.69. The van der Waals surface area contributed by atoms with Crippen molar-refractivity contribution in [3.8, 4) is 5.75 Å². The van der Waals surface area contributed by atoms with Crippen molar-refractivity contribution in [2.75, 3.05) is 7.11 Å². The Morgan fingerprint density at radius 2 is 1.65 bits per heavy atom. The minimum Gasteiger partial charge on any atom is -0.496 e. The largest absolute Gasteiger partial charge is 0.496 e. The summed E-state index contributed by atoms with van der Waals surface area (Å²) in [5.74, 6) is 1.84. The molecule has 0 saturated heterocycles. The fraction of sp³-hybridized carbons (Fsp3) is 0.667. The molecule has 0 atom stereocenters. The number of aryl methyl sites for hydroxylation is 1. The van der Waals surface area contributed by atoms with Gasteiger partial charge in [-0.15, -0.1) is 0 Å². The normalized spacial score (nSPS) is 12.2. The van der Waals surface area contributed by atoms with Crippen molar-refractivity contribution in [3.05, 3.63) is 29.3 Å². The van der Waals surface area contributed by atoms with E-state index in [1.165, 1.54) is 5.56 Å². The molecule has 0 aliphatic heterocycles. The van der Waals surface area contributed by atoms with E-state index in [-0.39, 0.29) is 0 Å². The first kappa shape index (κ1) is 17.0. The predicted octanol–water partition coefficient (Wildman–Crippen LogP) is 4.37. The van der Waals surface area contributed by atoms with Crippen LogP contribution >= 0.6 is 0 Å². The van der Waals surface area contributed by atoms with E-state index < -0.39 is 5.60 Å². The molecule has 0 fully saturated rings. The predicted molar refractivity (Wildman–Crippen MR) is 85.3 cm³/mol. The summed E-state index contributed by atoms with van der Waals surface area (Å²) in [5, 5.41) is 11.1. The number of rotatable bonds is 7. The number of aliphatic hydroxyl groups is 1. The third-order valence-electron chi connectivity index (χ3n) is 3.53. The SMILES string of the molecule is COc1ccc(C)cc1CC(O)(CC(C)C)CC(C)C. The number of benzene rings is 1. The number of hydrogen-bond acceptors (Lipinski definition) is 2. The summed E-state index contributed by atoms with van der Waals surface area (Å²) in [5.41, 5.74) is 1.66. The van der Waals surface area contributed by atoms with Crippen molar-refractivity contribution < 1.29 is 9.84 Å². The lowest BCUT2D eigenvalue weighted by atomic mass is 9.80. The maximum atomic E-state index is 11.1. The molecule has 0 bridgehead atoms. The summed E-state index contributed by atoms with van der Waals surface area (Å²) in [4.78, 5) is 0. The highest BCUT2D eigenvalue weighted by atomic mass is 16.5. The van der Waals surface area contributed by atoms with Crippen LogP contribution in [-0.2, 0) is 6.42 Å². The zero-order chi connectivity index (χ0) is 15.3. The summed E-state index contributed by atoms with van der Waals surface area (Å²) < 4.78 is 5.45. The zero-order valence-corrected chi connectivity index (χ0v) is 13.9. The fourth-order valence-electron chi connectivity index (χ4n) is 3.15. The number of hydrogen-bond donors (Lipinski definition) is 1. The van der Waals surface area contributed by atoms with Crippen molar-refractivity contribution >= 4 is 0 Å². The molecule has 20 heavy (non-hydrogen) atoms. The highest BCUT2D eigenvalue weighted by molar-refractivity contribution is 5.37. The minimum atomic E-state index is -0.649. The first-order valence-electron chi connectivity index (χ1n) is 7.61. The Morgan fingerprint density at radius 1 is 1.10 bits per heavy atom. The maximum Gasteiger partial charge on any atom is 0.122 e. The first-order valence-corrected chi connectivity index (χ1v) is 7.61. The van der Waals surface area contributed by atoms with Crippen LogP contribution in [0.25, 0.3) is 0 Å². The number of methoxy groups -OCH3 is 1. The van der Waals surface area contributed by atoms with E-state index in [9.17, 15) is 5.11 Å². The lowest BCUT2D eigenvalue weighted by molar-refractivity contribution is 0.000303. The van der Waals surface area contributed by atoms with Crippen molar-refractivity contribution in [2.45, 2.75) is 59.5 Å². The Labute approximate surface area is 124 Å². The van der Waals surface area contributed by atoms with E-state index in [1.807, 2.05) is 12.1 Å². The van der Waals surface area contributed by atoms with E-state index in [2.05, 4.69) is 40.7 Å². The Balaban J connectivity index is 3.02. The van der Waals surface area contributed by atoms with Gasteiger partial charge in [-0.3, -0.25) is 0 Å². The quantitative estimate of drug-likeness (QED) is 0.802. The molecule has 1 aromatic rings. The van der Waals surface area contributed by atoms with Crippen LogP contribution in [0, 0.1) is 18.8 Å². The van der Waals surface area contributed by atoms with Gasteiger partial charge in [0, 0.05) is 6.42 Å². The molecule has 0 saturated carbocycles. The minimum absolute atomic E-state index is 0.481. The number of ether oxygens (including phenoxy) is 1. The van der Waals surface area contributed by atoms with Gasteiger partial charge >= 0.3 is 0 Å². The molecular weight excluding hydrogens is 248 g/mol. The van der Waals surface area contributed by atoms with Crippen LogP contribution < -0.4 is 4.74 Å². The zero-order valence-electron chi connectivity index (χ0n) is 13.9. The molecule has 1 N–H and O–H groups in total. The van der Waals surface area contributed by atoms with Crippen LogP contribution in [0.5, 0.6) is 5.75 Å². The smallest absolute Gasteiger partial charge is 0.122 e. The van der Waals surface area contributed by atoms with Gasteiger partial charge in [-0.2, -0.15) is 0 Å². The second-order valence-electron chi connectivity index (χ2n) is 6.91. The molecule has 0 aromatic heterocycles. The summed E-state index contributed by atoms with van der Waals surface area (Å²) in [6.45, 7) is 10.7. The molecule has 2 heteroatoms. The molecule has 0 aliphatic rings. The average Bonchev–Trinajstić information content (AvgIpc) is 2.26. The molecule has 0 amide bonds. The molecule has 114 valence electrons. The Hall–Kier alpha value is -1.02. The van der Waals surface area contributed by atoms with Gasteiger partial charge in [0.2, 0.25) is 0 Å². The molecule has 0 aliphatic carbocycles. The molecule has 0 radical (unpaired) electrons. The standard InChI is InChI=1S/C18H30O2/c1-13(2)10-18(19,11-14(3)4)12-16-9-15(5)7-8-17(16)20-6/h7-9,13-14,19H,10-12H2,1-6H3. The van der Waals surface area contributed by atoms with Crippen LogP contribution in [-0.4, -0.2) is 17.8 Å². The van der Waals surface area contributed by atoms with Crippen molar-refractivity contribution in [2.24, 2.45) is 11.8 Å². The van der Waals surface area contributed by atoms with Gasteiger partial charge in [0.1, 0.15) is 5.75 Å². The Morgan fingerprint density at radius 3 is 2.10 bits per heavy atom. The summed E-state index contributed by atoms with van der Waals surface area (Å²) in [6, 6.07) is 6.17. The second kappa shape index (κ2) is 7.12. The molecule has 1 rings (SSSR count). The first-order chi connectivity index (χ1) is 9.25. The Kier molecular flexibility index (Phi) is 6.07. The van der Waals surface area contributed by atoms with Crippen LogP contribution in [0.3, 0.4) is 0 Å². The maximum absolute atomic E-state index is 11.1. The van der Waals surface area contributed by atoms with Gasteiger partial charge in [0.15, 0.2) is 0 Å². The topological polar surface area (TPSA) is 29.5 Å². The molecule has 0 heterocycles. The third kappa shape index (κ3) is 5.16. The Bertz CT molecular complexity index is 411. The van der Waals surface area contributed by atoms with Crippen molar-refractivity contribution in [1.29, 1.82) is 0 Å². The van der Waals surface area contributed by atoms with Crippen LogP contribution in [0.2, 0.25) is 0 Å². The highest BCUT2D eigenvalue weighted by Gasteiger charge is 2.30. The molecule has 2 nitrogen and oxygen atoms in total. The molecule has 0 unspecified atom stereocenters. The van der Waals surface area contributed by atoms with Crippen LogP contribution in [0.4, 0.5) is 0 Å². The van der Waals surface area contributed by atoms with Crippen LogP contribution in [0.15, 0.2) is 18.2 Å². The van der Waals surface area contributed by atoms with Gasteiger partial charge in [-0.1, -0.05) is 45.4 Å². The van der Waals surface area contributed by atoms with Gasteiger partial charge in [0.05, 0.1) is 12.7 Å². The van der Waals surface area contributed by atoms with Gasteiger partial charge in [0.25, 0.3) is 0 Å². The highest BCUT2D eigenvalue weighted by Crippen LogP contribution is 2.32. The van der Waals surface area contributed by atoms with E-state index in [1.54, 1.807) is 7.11 Å². The third-order valence-corrected chi connectivity index (χ3v) is 3.53. The monoisotopic (exact) mass is 278 g/mol. The molecule has 1 aromatic carbocycles. The molecular formula is C18H30O2. The summed E-state index contributed by atoms with van der Waals surface area (Å²) >= 11 is 0. The fourth-order valence-corrected chi connectivity index (χ4v) is 3.15. The van der Waals surface area contributed by atoms with E-state index >= 15 is 0 Å². The molecule has 0 spiro atoms. The van der Waals surface area contributed by atoms with Gasteiger partial charge < -0.3 is 9.84 Å². The van der Waals surface area contributed by atoms with E-state index in [0.717, 1.165) is 24.2 Å². The van der Waals surface area contributed by atoms with Crippen LogP contribution in [0.1, 0.15) is 51.7 Å². The van der Waals surface area contributed by atoms with Gasteiger partial charge in [-0.05, 0) is 43.2 Å². The lowest BCUT2D eigenvalue weighted by Gasteiger charge is -2.32. The van der Waals surface area contributed by atoms with E-state index in [0.29, 0.717) is 18.3 Å². The van der Waals surface area contributed by atoms with Crippen molar-refractivity contribution in [1.82, 2.24) is 0 Å². The van der Waals surface area contributed by atoms with Crippen molar-refractivity contribution in [3.63, 3.8) is 0 Å². The second-order valence-corrected chi connectivity index (χ2v) is 6.91. The summed E-state index contributed by atoms with van der Waals surface area (Å²) in [6.07, 6.45) is 2.30. The van der Waals surface area contributed by atoms with Gasteiger partial charge in [-0.25, -0.2) is 0 Å². The van der Waals surface area contributed by atoms with E-state index in [4.69, 9.17) is 4.74 Å². The average molecular weight is 278 g/mol. The lowest BCUT2D eigenvalue weighted by Crippen LogP contribution is -2.35.